The Morgan fingerprint density at radius 1 is 1.10 bits per heavy atom. The summed E-state index contributed by atoms with van der Waals surface area (Å²) in [7, 11) is 0. The van der Waals surface area contributed by atoms with E-state index in [-0.39, 0.29) is 23.2 Å². The summed E-state index contributed by atoms with van der Waals surface area (Å²) < 4.78 is 2.56. The van der Waals surface area contributed by atoms with Crippen molar-refractivity contribution in [3.63, 3.8) is 0 Å². The average molecular weight is 495 g/mol. The highest BCUT2D eigenvalue weighted by Gasteiger charge is 2.31. The minimum absolute atomic E-state index is 0.0531. The number of rotatable bonds is 3. The molecule has 4 rings (SSSR count). The molecule has 29 heavy (non-hydrogen) atoms. The van der Waals surface area contributed by atoms with Crippen LogP contribution in [0.2, 0.25) is 10.0 Å². The standard InChI is InChI=1S/C20H14BrCl2N3O3/c21-11-1-4-13(5-2-11)26-17-7-8-25(10-15(17)18(24-26)20(28)29)19(27)14-6-3-12(22)9-16(14)23/h1-6,9H,7-8,10H2,(H,28,29). The van der Waals surface area contributed by atoms with Crippen LogP contribution in [0.25, 0.3) is 5.69 Å². The van der Waals surface area contributed by atoms with Crippen LogP contribution in [0.5, 0.6) is 0 Å². The molecule has 6 nitrogen and oxygen atoms in total. The molecule has 0 atom stereocenters. The van der Waals surface area contributed by atoms with E-state index in [4.69, 9.17) is 23.2 Å². The van der Waals surface area contributed by atoms with Crippen LogP contribution in [-0.4, -0.2) is 38.2 Å². The van der Waals surface area contributed by atoms with E-state index in [1.807, 2.05) is 24.3 Å². The Kier molecular flexibility index (Phi) is 5.38. The van der Waals surface area contributed by atoms with Gasteiger partial charge in [-0.15, -0.1) is 0 Å². The molecular formula is C20H14BrCl2N3O3. The first-order valence-corrected chi connectivity index (χ1v) is 10.2. The van der Waals surface area contributed by atoms with Crippen molar-refractivity contribution < 1.29 is 14.7 Å². The summed E-state index contributed by atoms with van der Waals surface area (Å²) in [5.74, 6) is -1.40. The van der Waals surface area contributed by atoms with Crippen LogP contribution in [0.3, 0.4) is 0 Å². The summed E-state index contributed by atoms with van der Waals surface area (Å²) in [5, 5.41) is 14.6. The van der Waals surface area contributed by atoms with Crippen LogP contribution < -0.4 is 0 Å². The minimum atomic E-state index is -1.13. The number of aromatic nitrogens is 2. The normalized spacial score (nSPS) is 13.3. The first-order valence-electron chi connectivity index (χ1n) is 8.69. The number of hydrogen-bond acceptors (Lipinski definition) is 3. The fraction of sp³-hybridized carbons (Fsp3) is 0.150. The van der Waals surface area contributed by atoms with Crippen molar-refractivity contribution in [3.05, 3.63) is 79.5 Å². The van der Waals surface area contributed by atoms with Crippen LogP contribution in [-0.2, 0) is 13.0 Å². The quantitative estimate of drug-likeness (QED) is 0.565. The van der Waals surface area contributed by atoms with E-state index in [2.05, 4.69) is 21.0 Å². The molecule has 1 N–H and O–H groups in total. The number of hydrogen-bond donors (Lipinski definition) is 1. The molecule has 1 amide bonds. The molecular weight excluding hydrogens is 481 g/mol. The van der Waals surface area contributed by atoms with Gasteiger partial charge < -0.3 is 10.0 Å². The Morgan fingerprint density at radius 2 is 1.83 bits per heavy atom. The minimum Gasteiger partial charge on any atom is -0.476 e. The van der Waals surface area contributed by atoms with Gasteiger partial charge in [0.25, 0.3) is 5.91 Å². The van der Waals surface area contributed by atoms with Gasteiger partial charge in [-0.2, -0.15) is 5.10 Å². The van der Waals surface area contributed by atoms with Crippen LogP contribution in [0, 0.1) is 0 Å². The van der Waals surface area contributed by atoms with Gasteiger partial charge in [0.2, 0.25) is 0 Å². The highest BCUT2D eigenvalue weighted by Crippen LogP contribution is 2.29. The van der Waals surface area contributed by atoms with Crippen molar-refractivity contribution in [2.75, 3.05) is 6.54 Å². The van der Waals surface area contributed by atoms with Crippen LogP contribution in [0.1, 0.15) is 32.1 Å². The Hall–Kier alpha value is -2.35. The van der Waals surface area contributed by atoms with Gasteiger partial charge in [-0.3, -0.25) is 4.79 Å². The lowest BCUT2D eigenvalue weighted by Gasteiger charge is -2.28. The monoisotopic (exact) mass is 493 g/mol. The summed E-state index contributed by atoms with van der Waals surface area (Å²) in [6, 6.07) is 12.1. The van der Waals surface area contributed by atoms with Crippen LogP contribution in [0.4, 0.5) is 0 Å². The summed E-state index contributed by atoms with van der Waals surface area (Å²) in [6.45, 7) is 0.567. The molecule has 2 aromatic carbocycles. The molecule has 2 heterocycles. The smallest absolute Gasteiger partial charge is 0.356 e. The van der Waals surface area contributed by atoms with E-state index in [1.165, 1.54) is 6.07 Å². The van der Waals surface area contributed by atoms with Gasteiger partial charge in [0.1, 0.15) is 0 Å². The van der Waals surface area contributed by atoms with E-state index in [9.17, 15) is 14.7 Å². The van der Waals surface area contributed by atoms with Crippen molar-refractivity contribution in [2.45, 2.75) is 13.0 Å². The molecule has 0 saturated heterocycles. The molecule has 0 radical (unpaired) electrons. The number of carboxylic acid groups (broad SMARTS) is 1. The maximum Gasteiger partial charge on any atom is 0.356 e. The summed E-state index contributed by atoms with van der Waals surface area (Å²) in [6.07, 6.45) is 0.475. The number of aromatic carboxylic acids is 1. The number of benzene rings is 2. The van der Waals surface area contributed by atoms with Gasteiger partial charge in [0, 0.05) is 28.0 Å². The van der Waals surface area contributed by atoms with E-state index < -0.39 is 5.97 Å². The molecule has 1 aliphatic rings. The molecule has 0 spiro atoms. The SMILES string of the molecule is O=C(O)c1nn(-c2ccc(Br)cc2)c2c1CN(C(=O)c1ccc(Cl)cc1Cl)CC2. The zero-order valence-corrected chi connectivity index (χ0v) is 18.0. The maximum absolute atomic E-state index is 13.0. The lowest BCUT2D eigenvalue weighted by atomic mass is 10.0. The second-order valence-corrected chi connectivity index (χ2v) is 8.33. The fourth-order valence-corrected chi connectivity index (χ4v) is 4.15. The Labute approximate surface area is 184 Å². The molecule has 0 unspecified atom stereocenters. The van der Waals surface area contributed by atoms with E-state index in [0.29, 0.717) is 29.1 Å². The molecule has 148 valence electrons. The van der Waals surface area contributed by atoms with Crippen molar-refractivity contribution in [1.29, 1.82) is 0 Å². The molecule has 1 aromatic heterocycles. The highest BCUT2D eigenvalue weighted by molar-refractivity contribution is 9.10. The fourth-order valence-electron chi connectivity index (χ4n) is 3.39. The molecule has 0 bridgehead atoms. The lowest BCUT2D eigenvalue weighted by Crippen LogP contribution is -2.36. The van der Waals surface area contributed by atoms with Gasteiger partial charge in [0.15, 0.2) is 5.69 Å². The number of halogens is 3. The van der Waals surface area contributed by atoms with Gasteiger partial charge in [-0.1, -0.05) is 39.1 Å². The van der Waals surface area contributed by atoms with Gasteiger partial charge in [-0.05, 0) is 42.5 Å². The molecule has 0 aliphatic carbocycles. The average Bonchev–Trinajstić information content (AvgIpc) is 3.07. The van der Waals surface area contributed by atoms with Crippen molar-refractivity contribution in [2.24, 2.45) is 0 Å². The van der Waals surface area contributed by atoms with Gasteiger partial charge >= 0.3 is 5.97 Å². The van der Waals surface area contributed by atoms with Crippen molar-refractivity contribution in [1.82, 2.24) is 14.7 Å². The number of fused-ring (bicyclic) bond motifs is 1. The van der Waals surface area contributed by atoms with Gasteiger partial charge in [-0.25, -0.2) is 9.48 Å². The first-order chi connectivity index (χ1) is 13.8. The predicted octanol–water partition coefficient (Wildman–Crippen LogP) is 4.84. The zero-order chi connectivity index (χ0) is 20.7. The highest BCUT2D eigenvalue weighted by atomic mass is 79.9. The third kappa shape index (κ3) is 3.77. The molecule has 3 aromatic rings. The van der Waals surface area contributed by atoms with Crippen molar-refractivity contribution in [3.8, 4) is 5.69 Å². The predicted molar refractivity (Wildman–Crippen MR) is 113 cm³/mol. The third-order valence-electron chi connectivity index (χ3n) is 4.78. The second-order valence-electron chi connectivity index (χ2n) is 6.57. The van der Waals surface area contributed by atoms with Crippen molar-refractivity contribution >= 4 is 51.0 Å². The number of carbonyl (C=O) groups is 2. The zero-order valence-electron chi connectivity index (χ0n) is 14.9. The van der Waals surface area contributed by atoms with Crippen LogP contribution in [0.15, 0.2) is 46.9 Å². The Morgan fingerprint density at radius 3 is 2.48 bits per heavy atom. The van der Waals surface area contributed by atoms with Gasteiger partial charge in [0.05, 0.1) is 28.5 Å². The lowest BCUT2D eigenvalue weighted by molar-refractivity contribution is 0.0674. The Balaban J connectivity index is 1.71. The maximum atomic E-state index is 13.0. The number of nitrogens with zero attached hydrogens (tertiary/aromatic N) is 3. The topological polar surface area (TPSA) is 75.4 Å². The summed E-state index contributed by atoms with van der Waals surface area (Å²) >= 11 is 15.5. The largest absolute Gasteiger partial charge is 0.476 e. The van der Waals surface area contributed by atoms with Crippen LogP contribution >= 0.6 is 39.1 Å². The number of carboxylic acids is 1. The second kappa shape index (κ2) is 7.82. The number of carbonyl (C=O) groups excluding carboxylic acids is 1. The van der Waals surface area contributed by atoms with E-state index in [1.54, 1.807) is 21.7 Å². The molecule has 1 aliphatic heterocycles. The van der Waals surface area contributed by atoms with E-state index in [0.717, 1.165) is 15.9 Å². The third-order valence-corrected chi connectivity index (χ3v) is 5.86. The summed E-state index contributed by atoms with van der Waals surface area (Å²) in [5.41, 5.74) is 2.36. The van der Waals surface area contributed by atoms with E-state index >= 15 is 0 Å². The Bertz CT molecular complexity index is 1130. The number of amides is 1. The molecule has 0 saturated carbocycles. The molecule has 0 fully saturated rings. The first kappa shape index (κ1) is 19.9. The molecule has 9 heteroatoms. The summed E-state index contributed by atoms with van der Waals surface area (Å²) in [4.78, 5) is 26.3.